The molecule has 0 aliphatic heterocycles. The first-order valence-corrected chi connectivity index (χ1v) is 3.32. The zero-order valence-corrected chi connectivity index (χ0v) is 6.61. The predicted octanol–water partition coefficient (Wildman–Crippen LogP) is 1.21. The number of nitrogens with zero attached hydrogens (tertiary/aromatic N) is 2. The lowest BCUT2D eigenvalue weighted by Crippen LogP contribution is -2.03. The zero-order valence-electron chi connectivity index (χ0n) is 6.61. The zero-order chi connectivity index (χ0) is 9.14. The molecule has 1 rings (SSSR count). The molecule has 4 nitrogen and oxygen atoms in total. The van der Waals surface area contributed by atoms with Gasteiger partial charge in [-0.3, -0.25) is 0 Å². The Bertz CT molecular complexity index is 283. The Morgan fingerprint density at radius 1 is 1.50 bits per heavy atom. The van der Waals surface area contributed by atoms with Gasteiger partial charge in [0.05, 0.1) is 0 Å². The van der Waals surface area contributed by atoms with Gasteiger partial charge in [-0.05, 0) is 12.5 Å². The molecule has 0 saturated carbocycles. The van der Waals surface area contributed by atoms with Crippen LogP contribution in [0.5, 0.6) is 0 Å². The summed E-state index contributed by atoms with van der Waals surface area (Å²) in [7, 11) is 0. The minimum Gasteiger partial charge on any atom is -0.475 e. The first kappa shape index (κ1) is 8.39. The highest BCUT2D eigenvalue weighted by Crippen LogP contribution is 2.07. The molecular formula is C8H8N2O2. The smallest absolute Gasteiger partial charge is 0.373 e. The third-order valence-electron chi connectivity index (χ3n) is 1.34. The van der Waals surface area contributed by atoms with Crippen molar-refractivity contribution in [3.05, 3.63) is 30.4 Å². The second-order valence-electron chi connectivity index (χ2n) is 2.38. The minimum atomic E-state index is -1.12. The normalized spacial score (nSPS) is 9.42. The molecule has 0 fully saturated rings. The highest BCUT2D eigenvalue weighted by molar-refractivity contribution is 5.83. The van der Waals surface area contributed by atoms with E-state index >= 15 is 0 Å². The molecule has 1 N–H and O–H groups in total. The number of carboxylic acid groups (broad SMARTS) is 1. The van der Waals surface area contributed by atoms with E-state index in [1.165, 1.54) is 12.4 Å². The van der Waals surface area contributed by atoms with Crippen molar-refractivity contribution in [1.82, 2.24) is 9.97 Å². The van der Waals surface area contributed by atoms with Gasteiger partial charge in [0.15, 0.2) is 0 Å². The SMILES string of the molecule is C=C(C)c1cnc(C(=O)O)nc1. The van der Waals surface area contributed by atoms with Crippen molar-refractivity contribution >= 4 is 11.5 Å². The Hall–Kier alpha value is -1.71. The number of aromatic nitrogens is 2. The highest BCUT2D eigenvalue weighted by atomic mass is 16.4. The van der Waals surface area contributed by atoms with Gasteiger partial charge in [-0.15, -0.1) is 0 Å². The molecule has 0 saturated heterocycles. The molecule has 12 heavy (non-hydrogen) atoms. The van der Waals surface area contributed by atoms with Gasteiger partial charge in [0.2, 0.25) is 5.82 Å². The Labute approximate surface area is 69.6 Å². The summed E-state index contributed by atoms with van der Waals surface area (Å²) in [5.74, 6) is -1.32. The molecule has 0 bridgehead atoms. The van der Waals surface area contributed by atoms with Crippen molar-refractivity contribution in [2.45, 2.75) is 6.92 Å². The number of rotatable bonds is 2. The summed E-state index contributed by atoms with van der Waals surface area (Å²) in [6.45, 7) is 5.48. The van der Waals surface area contributed by atoms with Gasteiger partial charge in [0, 0.05) is 18.0 Å². The summed E-state index contributed by atoms with van der Waals surface area (Å²) >= 11 is 0. The summed E-state index contributed by atoms with van der Waals surface area (Å²) in [5, 5.41) is 8.47. The average molecular weight is 164 g/mol. The van der Waals surface area contributed by atoms with Crippen molar-refractivity contribution in [2.24, 2.45) is 0 Å². The Kier molecular flexibility index (Phi) is 2.19. The van der Waals surface area contributed by atoms with Gasteiger partial charge in [0.1, 0.15) is 0 Å². The van der Waals surface area contributed by atoms with Crippen LogP contribution in [-0.2, 0) is 0 Å². The van der Waals surface area contributed by atoms with Crippen LogP contribution in [0.4, 0.5) is 0 Å². The molecule has 0 unspecified atom stereocenters. The number of hydrogen-bond acceptors (Lipinski definition) is 3. The Balaban J connectivity index is 3.01. The number of carbonyl (C=O) groups is 1. The predicted molar refractivity (Wildman–Crippen MR) is 43.7 cm³/mol. The van der Waals surface area contributed by atoms with Gasteiger partial charge >= 0.3 is 5.97 Å². The van der Waals surface area contributed by atoms with Crippen LogP contribution in [0.3, 0.4) is 0 Å². The summed E-state index contributed by atoms with van der Waals surface area (Å²) < 4.78 is 0. The summed E-state index contributed by atoms with van der Waals surface area (Å²) in [6.07, 6.45) is 2.89. The van der Waals surface area contributed by atoms with Crippen molar-refractivity contribution in [3.63, 3.8) is 0 Å². The maximum Gasteiger partial charge on any atom is 0.373 e. The third-order valence-corrected chi connectivity index (χ3v) is 1.34. The maximum absolute atomic E-state index is 10.3. The molecule has 0 amide bonds. The fourth-order valence-corrected chi connectivity index (χ4v) is 0.659. The molecule has 0 radical (unpaired) electrons. The third kappa shape index (κ3) is 1.66. The summed E-state index contributed by atoms with van der Waals surface area (Å²) in [4.78, 5) is 17.6. The lowest BCUT2D eigenvalue weighted by molar-refractivity contribution is 0.0683. The van der Waals surface area contributed by atoms with Gasteiger partial charge in [-0.1, -0.05) is 6.58 Å². The average Bonchev–Trinajstić information content (AvgIpc) is 2.04. The molecule has 62 valence electrons. The van der Waals surface area contributed by atoms with E-state index in [-0.39, 0.29) is 5.82 Å². The van der Waals surface area contributed by atoms with Gasteiger partial charge in [-0.25, -0.2) is 14.8 Å². The highest BCUT2D eigenvalue weighted by Gasteiger charge is 2.04. The fourth-order valence-electron chi connectivity index (χ4n) is 0.659. The van der Waals surface area contributed by atoms with Crippen molar-refractivity contribution in [1.29, 1.82) is 0 Å². The van der Waals surface area contributed by atoms with E-state index in [1.807, 2.05) is 0 Å². The fraction of sp³-hybridized carbons (Fsp3) is 0.125. The van der Waals surface area contributed by atoms with Gasteiger partial charge in [0.25, 0.3) is 0 Å². The van der Waals surface area contributed by atoms with Crippen LogP contribution in [0, 0.1) is 0 Å². The van der Waals surface area contributed by atoms with Crippen molar-refractivity contribution in [2.75, 3.05) is 0 Å². The lowest BCUT2D eigenvalue weighted by atomic mass is 10.2. The molecule has 1 aromatic rings. The molecule has 0 atom stereocenters. The first-order valence-electron chi connectivity index (χ1n) is 3.32. The van der Waals surface area contributed by atoms with Gasteiger partial charge in [-0.2, -0.15) is 0 Å². The largest absolute Gasteiger partial charge is 0.475 e. The number of aromatic carboxylic acids is 1. The van der Waals surface area contributed by atoms with Crippen LogP contribution >= 0.6 is 0 Å². The van der Waals surface area contributed by atoms with E-state index in [2.05, 4.69) is 16.5 Å². The molecular weight excluding hydrogens is 156 g/mol. The van der Waals surface area contributed by atoms with E-state index in [9.17, 15) is 4.79 Å². The number of hydrogen-bond donors (Lipinski definition) is 1. The standard InChI is InChI=1S/C8H8N2O2/c1-5(2)6-3-9-7(8(11)12)10-4-6/h3-4H,1H2,2H3,(H,11,12). The second-order valence-corrected chi connectivity index (χ2v) is 2.38. The molecule has 1 heterocycles. The summed E-state index contributed by atoms with van der Waals surface area (Å²) in [5.41, 5.74) is 1.56. The minimum absolute atomic E-state index is 0.194. The molecule has 1 aromatic heterocycles. The van der Waals surface area contributed by atoms with E-state index in [4.69, 9.17) is 5.11 Å². The van der Waals surface area contributed by atoms with Crippen LogP contribution in [-0.4, -0.2) is 21.0 Å². The first-order chi connectivity index (χ1) is 5.61. The topological polar surface area (TPSA) is 63.1 Å². The van der Waals surface area contributed by atoms with Crippen molar-refractivity contribution < 1.29 is 9.90 Å². The quantitative estimate of drug-likeness (QED) is 0.713. The molecule has 0 aliphatic rings. The van der Waals surface area contributed by atoms with Crippen LogP contribution in [0.1, 0.15) is 23.1 Å². The number of carboxylic acids is 1. The maximum atomic E-state index is 10.3. The van der Waals surface area contributed by atoms with Crippen LogP contribution < -0.4 is 0 Å². The van der Waals surface area contributed by atoms with E-state index in [0.717, 1.165) is 11.1 Å². The molecule has 4 heteroatoms. The Morgan fingerprint density at radius 2 is 2.00 bits per heavy atom. The van der Waals surface area contributed by atoms with Crippen molar-refractivity contribution in [3.8, 4) is 0 Å². The van der Waals surface area contributed by atoms with E-state index < -0.39 is 5.97 Å². The van der Waals surface area contributed by atoms with Crippen LogP contribution in [0.15, 0.2) is 19.0 Å². The van der Waals surface area contributed by atoms with Gasteiger partial charge < -0.3 is 5.11 Å². The van der Waals surface area contributed by atoms with Crippen LogP contribution in [0.25, 0.3) is 5.57 Å². The lowest BCUT2D eigenvalue weighted by Gasteiger charge is -1.97. The van der Waals surface area contributed by atoms with E-state index in [0.29, 0.717) is 0 Å². The second kappa shape index (κ2) is 3.13. The molecule has 0 aromatic carbocycles. The van der Waals surface area contributed by atoms with E-state index in [1.54, 1.807) is 6.92 Å². The molecule has 0 spiro atoms. The Morgan fingerprint density at radius 3 is 2.33 bits per heavy atom. The monoisotopic (exact) mass is 164 g/mol. The molecule has 0 aliphatic carbocycles. The number of allylic oxidation sites excluding steroid dienone is 1. The summed E-state index contributed by atoms with van der Waals surface area (Å²) in [6, 6.07) is 0. The van der Waals surface area contributed by atoms with Crippen LogP contribution in [0.2, 0.25) is 0 Å².